The average molecular weight is 434 g/mol. The van der Waals surface area contributed by atoms with Crippen molar-refractivity contribution in [2.45, 2.75) is 32.0 Å². The molecule has 0 bridgehead atoms. The molecule has 0 radical (unpaired) electrons. The highest BCUT2D eigenvalue weighted by Gasteiger charge is 2.40. The number of fused-ring (bicyclic) bond motifs is 1. The van der Waals surface area contributed by atoms with Crippen LogP contribution in [0.4, 0.5) is 0 Å². The number of amides is 2. The number of hydrogen-bond donors (Lipinski definition) is 2. The maximum Gasteiger partial charge on any atom is 0.267 e. The van der Waals surface area contributed by atoms with Crippen molar-refractivity contribution >= 4 is 17.6 Å². The molecule has 1 saturated heterocycles. The van der Waals surface area contributed by atoms with E-state index in [0.717, 1.165) is 24.0 Å². The van der Waals surface area contributed by atoms with Gasteiger partial charge in [-0.3, -0.25) is 24.6 Å². The molecule has 8 nitrogen and oxygen atoms in total. The van der Waals surface area contributed by atoms with Gasteiger partial charge >= 0.3 is 0 Å². The minimum Gasteiger partial charge on any atom is -0.326 e. The Hall–Kier alpha value is -3.07. The van der Waals surface area contributed by atoms with E-state index in [1.54, 1.807) is 23.1 Å². The molecule has 2 N–H and O–H groups in total. The molecule has 32 heavy (non-hydrogen) atoms. The second kappa shape index (κ2) is 8.82. The molecule has 8 heteroatoms. The summed E-state index contributed by atoms with van der Waals surface area (Å²) in [6, 6.07) is 14.3. The van der Waals surface area contributed by atoms with Crippen molar-refractivity contribution < 1.29 is 19.2 Å². The van der Waals surface area contributed by atoms with Crippen molar-refractivity contribution in [1.82, 2.24) is 20.8 Å². The molecule has 1 unspecified atom stereocenters. The molecule has 2 amide bonds. The first-order valence-electron chi connectivity index (χ1n) is 11.0. The summed E-state index contributed by atoms with van der Waals surface area (Å²) in [4.78, 5) is 45.4. The normalized spacial score (nSPS) is 21.1. The largest absolute Gasteiger partial charge is 0.326 e. The average Bonchev–Trinajstić information content (AvgIpc) is 3.68. The van der Waals surface area contributed by atoms with Gasteiger partial charge in [-0.1, -0.05) is 35.5 Å². The van der Waals surface area contributed by atoms with Gasteiger partial charge in [0.15, 0.2) is 5.78 Å². The van der Waals surface area contributed by atoms with E-state index in [1.807, 2.05) is 30.3 Å². The van der Waals surface area contributed by atoms with E-state index >= 15 is 0 Å². The van der Waals surface area contributed by atoms with E-state index in [0.29, 0.717) is 37.3 Å². The number of carbonyl (C=O) groups excluding carboxylic acids is 3. The number of Topliss-reactive ketones (excluding diaryl/α,β-unsaturated/α-hetero) is 1. The van der Waals surface area contributed by atoms with Gasteiger partial charge < -0.3 is 10.2 Å². The summed E-state index contributed by atoms with van der Waals surface area (Å²) in [5, 5.41) is 4.66. The summed E-state index contributed by atoms with van der Waals surface area (Å²) in [5.74, 6) is -0.00493. The predicted octanol–water partition coefficient (Wildman–Crippen LogP) is 1.67. The summed E-state index contributed by atoms with van der Waals surface area (Å²) in [5.41, 5.74) is 5.71. The van der Waals surface area contributed by atoms with Crippen LogP contribution in [0.15, 0.2) is 48.5 Å². The fourth-order valence-electron chi connectivity index (χ4n) is 4.23. The van der Waals surface area contributed by atoms with Gasteiger partial charge in [0.2, 0.25) is 0 Å². The number of ketones is 1. The van der Waals surface area contributed by atoms with Crippen molar-refractivity contribution in [3.63, 3.8) is 0 Å². The van der Waals surface area contributed by atoms with E-state index in [1.165, 1.54) is 5.17 Å². The van der Waals surface area contributed by atoms with E-state index in [9.17, 15) is 14.4 Å². The number of benzene rings is 2. The zero-order valence-electron chi connectivity index (χ0n) is 17.8. The predicted molar refractivity (Wildman–Crippen MR) is 116 cm³/mol. The van der Waals surface area contributed by atoms with Gasteiger partial charge in [-0.25, -0.2) is 0 Å². The molecule has 1 saturated carbocycles. The van der Waals surface area contributed by atoms with Crippen LogP contribution in [-0.2, 0) is 22.8 Å². The zero-order chi connectivity index (χ0) is 22.1. The van der Waals surface area contributed by atoms with Gasteiger partial charge in [0, 0.05) is 36.7 Å². The van der Waals surface area contributed by atoms with Crippen LogP contribution < -0.4 is 10.7 Å². The smallest absolute Gasteiger partial charge is 0.267 e. The van der Waals surface area contributed by atoms with Crippen LogP contribution in [-0.4, -0.2) is 53.3 Å². The first kappa shape index (κ1) is 20.8. The third-order valence-electron chi connectivity index (χ3n) is 6.20. The Morgan fingerprint density at radius 2 is 1.84 bits per heavy atom. The molecule has 5 rings (SSSR count). The lowest BCUT2D eigenvalue weighted by Crippen LogP contribution is -2.57. The van der Waals surface area contributed by atoms with Crippen molar-refractivity contribution in [3.8, 4) is 0 Å². The minimum absolute atomic E-state index is 0.113. The van der Waals surface area contributed by atoms with E-state index in [-0.39, 0.29) is 36.2 Å². The summed E-state index contributed by atoms with van der Waals surface area (Å²) < 4.78 is 0. The number of nitrogens with one attached hydrogen (secondary N) is 2. The topological polar surface area (TPSA) is 91.0 Å². The third kappa shape index (κ3) is 4.29. The van der Waals surface area contributed by atoms with Crippen LogP contribution in [0, 0.1) is 5.92 Å². The van der Waals surface area contributed by atoms with Gasteiger partial charge in [0.25, 0.3) is 11.8 Å². The Bertz CT molecular complexity index is 1030. The molecule has 1 aliphatic carbocycles. The SMILES string of the molecule is O=C1NN(OCc2ccc(C(=O)N3CCNCC3C(=O)C3CC3)cc2)Cc2ccccc21. The molecule has 2 fully saturated rings. The number of nitrogens with zero attached hydrogens (tertiary/aromatic N) is 2. The third-order valence-corrected chi connectivity index (χ3v) is 6.20. The van der Waals surface area contributed by atoms with Gasteiger partial charge in [0.1, 0.15) is 6.04 Å². The summed E-state index contributed by atoms with van der Waals surface area (Å²) in [6.45, 7) is 2.46. The van der Waals surface area contributed by atoms with Gasteiger partial charge in [0.05, 0.1) is 13.2 Å². The minimum atomic E-state index is -0.377. The lowest BCUT2D eigenvalue weighted by atomic mass is 10.0. The van der Waals surface area contributed by atoms with Crippen molar-refractivity contribution in [2.75, 3.05) is 19.6 Å². The number of rotatable bonds is 6. The summed E-state index contributed by atoms with van der Waals surface area (Å²) in [6.07, 6.45) is 1.88. The molecule has 2 aromatic carbocycles. The van der Waals surface area contributed by atoms with Gasteiger partial charge in [-0.05, 0) is 42.2 Å². The second-order valence-electron chi connectivity index (χ2n) is 8.50. The first-order valence-corrected chi connectivity index (χ1v) is 11.0. The molecule has 2 aromatic rings. The molecular formula is C24H26N4O4. The van der Waals surface area contributed by atoms with E-state index < -0.39 is 0 Å². The van der Waals surface area contributed by atoms with Crippen LogP contribution in [0.3, 0.4) is 0 Å². The number of piperazine rings is 1. The molecule has 3 aliphatic rings. The number of carbonyl (C=O) groups is 3. The highest BCUT2D eigenvalue weighted by molar-refractivity contribution is 5.99. The fourth-order valence-corrected chi connectivity index (χ4v) is 4.23. The summed E-state index contributed by atoms with van der Waals surface area (Å²) in [7, 11) is 0. The van der Waals surface area contributed by atoms with Crippen molar-refractivity contribution in [3.05, 3.63) is 70.8 Å². The van der Waals surface area contributed by atoms with E-state index in [2.05, 4.69) is 10.7 Å². The Morgan fingerprint density at radius 3 is 2.62 bits per heavy atom. The molecule has 166 valence electrons. The van der Waals surface area contributed by atoms with Crippen molar-refractivity contribution in [1.29, 1.82) is 0 Å². The maximum atomic E-state index is 13.1. The Morgan fingerprint density at radius 1 is 1.06 bits per heavy atom. The lowest BCUT2D eigenvalue weighted by Gasteiger charge is -2.35. The Kier molecular flexibility index (Phi) is 5.73. The summed E-state index contributed by atoms with van der Waals surface area (Å²) >= 11 is 0. The molecule has 1 atom stereocenters. The molecule has 0 aromatic heterocycles. The monoisotopic (exact) mass is 434 g/mol. The standard InChI is InChI=1S/C24H26N4O4/c29-22(17-9-10-17)21-13-25-11-12-27(21)24(31)18-7-5-16(6-8-18)15-32-28-14-19-3-1-2-4-20(19)23(30)26-28/h1-8,17,21,25H,9-15H2,(H,26,30). The molecule has 2 heterocycles. The Balaban J connectivity index is 1.20. The van der Waals surface area contributed by atoms with Gasteiger partial charge in [-0.15, -0.1) is 0 Å². The van der Waals surface area contributed by atoms with Gasteiger partial charge in [-0.2, -0.15) is 0 Å². The molecule has 2 aliphatic heterocycles. The Labute approximate surface area is 186 Å². The first-order chi connectivity index (χ1) is 15.6. The van der Waals surface area contributed by atoms with Crippen LogP contribution in [0.2, 0.25) is 0 Å². The highest BCUT2D eigenvalue weighted by atomic mass is 16.7. The second-order valence-corrected chi connectivity index (χ2v) is 8.50. The van der Waals surface area contributed by atoms with Crippen molar-refractivity contribution in [2.24, 2.45) is 5.92 Å². The molecular weight excluding hydrogens is 408 g/mol. The fraction of sp³-hybridized carbons (Fsp3) is 0.375. The van der Waals surface area contributed by atoms with Crippen LogP contribution >= 0.6 is 0 Å². The van der Waals surface area contributed by atoms with E-state index in [4.69, 9.17) is 4.84 Å². The molecule has 0 spiro atoms. The van der Waals surface area contributed by atoms with Crippen LogP contribution in [0.5, 0.6) is 0 Å². The maximum absolute atomic E-state index is 13.1. The highest BCUT2D eigenvalue weighted by Crippen LogP contribution is 2.32. The van der Waals surface area contributed by atoms with Crippen LogP contribution in [0.25, 0.3) is 0 Å². The number of hydrogen-bond acceptors (Lipinski definition) is 6. The zero-order valence-corrected chi connectivity index (χ0v) is 17.8. The lowest BCUT2D eigenvalue weighted by molar-refractivity contribution is -0.205. The number of hydrazine groups is 1. The quantitative estimate of drug-likeness (QED) is 0.719. The van der Waals surface area contributed by atoms with Crippen LogP contribution in [0.1, 0.15) is 44.7 Å². The number of hydroxylamine groups is 1.